The van der Waals surface area contributed by atoms with E-state index in [2.05, 4.69) is 24.3 Å². The molecule has 23 heavy (non-hydrogen) atoms. The van der Waals surface area contributed by atoms with Gasteiger partial charge >= 0.3 is 0 Å². The highest BCUT2D eigenvalue weighted by molar-refractivity contribution is 5.94. The average Bonchev–Trinajstić information content (AvgIpc) is 3.00. The highest BCUT2D eigenvalue weighted by Crippen LogP contribution is 2.20. The van der Waals surface area contributed by atoms with Crippen molar-refractivity contribution < 1.29 is 9.90 Å². The van der Waals surface area contributed by atoms with Gasteiger partial charge in [0.1, 0.15) is 0 Å². The highest BCUT2D eigenvalue weighted by atomic mass is 16.3. The molecule has 0 aromatic heterocycles. The van der Waals surface area contributed by atoms with Gasteiger partial charge < -0.3 is 10.4 Å². The molecule has 0 bridgehead atoms. The molecule has 0 spiro atoms. The molecule has 0 aliphatic carbocycles. The van der Waals surface area contributed by atoms with E-state index in [-0.39, 0.29) is 11.8 Å². The molecule has 2 rings (SSSR count). The lowest BCUT2D eigenvalue weighted by atomic mass is 9.96. The zero-order valence-corrected chi connectivity index (χ0v) is 14.2. The van der Waals surface area contributed by atoms with Gasteiger partial charge in [-0.3, -0.25) is 9.80 Å². The SMILES string of the molecule is CCC(CC)C(O)CNC(=O)c1ccc(N2CCC(C)=N2)cc1. The summed E-state index contributed by atoms with van der Waals surface area (Å²) >= 11 is 0. The second-order valence-electron chi connectivity index (χ2n) is 6.11. The topological polar surface area (TPSA) is 64.9 Å². The zero-order valence-electron chi connectivity index (χ0n) is 14.2. The van der Waals surface area contributed by atoms with Gasteiger partial charge in [-0.05, 0) is 37.1 Å². The highest BCUT2D eigenvalue weighted by Gasteiger charge is 2.17. The molecule has 0 saturated heterocycles. The van der Waals surface area contributed by atoms with E-state index in [0.717, 1.165) is 37.2 Å². The van der Waals surface area contributed by atoms with E-state index in [1.54, 1.807) is 12.1 Å². The molecule has 1 aromatic carbocycles. The van der Waals surface area contributed by atoms with Gasteiger partial charge in [0.15, 0.2) is 0 Å². The summed E-state index contributed by atoms with van der Waals surface area (Å²) in [5.41, 5.74) is 2.73. The number of aliphatic hydroxyl groups excluding tert-OH is 1. The van der Waals surface area contributed by atoms with E-state index in [0.29, 0.717) is 12.1 Å². The Morgan fingerprint density at radius 1 is 1.30 bits per heavy atom. The third-order valence-corrected chi connectivity index (χ3v) is 4.47. The Balaban J connectivity index is 1.90. The maximum Gasteiger partial charge on any atom is 0.251 e. The smallest absolute Gasteiger partial charge is 0.251 e. The predicted octanol–water partition coefficient (Wildman–Crippen LogP) is 2.80. The zero-order chi connectivity index (χ0) is 16.8. The van der Waals surface area contributed by atoms with E-state index in [1.165, 1.54) is 0 Å². The van der Waals surface area contributed by atoms with Gasteiger partial charge in [-0.2, -0.15) is 5.10 Å². The molecular weight excluding hydrogens is 290 g/mol. The summed E-state index contributed by atoms with van der Waals surface area (Å²) in [5, 5.41) is 19.3. The molecular formula is C18H27N3O2. The number of carbonyl (C=O) groups is 1. The van der Waals surface area contributed by atoms with Crippen LogP contribution in [0.5, 0.6) is 0 Å². The van der Waals surface area contributed by atoms with Gasteiger partial charge in [-0.1, -0.05) is 26.7 Å². The first-order chi connectivity index (χ1) is 11.0. The standard InChI is InChI=1S/C18H27N3O2/c1-4-14(5-2)17(22)12-19-18(23)15-6-8-16(9-7-15)21-11-10-13(3)20-21/h6-9,14,17,22H,4-5,10-12H2,1-3H3,(H,19,23). The average molecular weight is 317 g/mol. The fourth-order valence-corrected chi connectivity index (χ4v) is 2.84. The van der Waals surface area contributed by atoms with Crippen molar-refractivity contribution in [3.8, 4) is 0 Å². The number of amides is 1. The summed E-state index contributed by atoms with van der Waals surface area (Å²) in [7, 11) is 0. The Hall–Kier alpha value is -1.88. The van der Waals surface area contributed by atoms with Gasteiger partial charge in [-0.25, -0.2) is 0 Å². The van der Waals surface area contributed by atoms with Crippen molar-refractivity contribution in [1.82, 2.24) is 5.32 Å². The normalized spacial score (nSPS) is 15.7. The second-order valence-corrected chi connectivity index (χ2v) is 6.11. The van der Waals surface area contributed by atoms with Crippen molar-refractivity contribution >= 4 is 17.3 Å². The minimum atomic E-state index is -0.491. The summed E-state index contributed by atoms with van der Waals surface area (Å²) in [5.74, 6) is 0.0802. The molecule has 2 N–H and O–H groups in total. The van der Waals surface area contributed by atoms with E-state index >= 15 is 0 Å². The Labute approximate surface area is 138 Å². The number of aliphatic hydroxyl groups is 1. The number of carbonyl (C=O) groups excluding carboxylic acids is 1. The van der Waals surface area contributed by atoms with Crippen LogP contribution in [0, 0.1) is 5.92 Å². The fraction of sp³-hybridized carbons (Fsp3) is 0.556. The second kappa shape index (κ2) is 8.11. The third-order valence-electron chi connectivity index (χ3n) is 4.47. The van der Waals surface area contributed by atoms with Crippen LogP contribution in [0.3, 0.4) is 0 Å². The molecule has 5 nitrogen and oxygen atoms in total. The molecule has 126 valence electrons. The van der Waals surface area contributed by atoms with Gasteiger partial charge in [0.2, 0.25) is 0 Å². The molecule has 5 heteroatoms. The summed E-state index contributed by atoms with van der Waals surface area (Å²) in [6.45, 7) is 7.31. The molecule has 0 fully saturated rings. The first-order valence-corrected chi connectivity index (χ1v) is 8.43. The van der Waals surface area contributed by atoms with E-state index < -0.39 is 6.10 Å². The fourth-order valence-electron chi connectivity index (χ4n) is 2.84. The van der Waals surface area contributed by atoms with Crippen LogP contribution in [0.1, 0.15) is 50.4 Å². The lowest BCUT2D eigenvalue weighted by molar-refractivity contribution is 0.0816. The van der Waals surface area contributed by atoms with Crippen molar-refractivity contribution in [2.24, 2.45) is 11.0 Å². The molecule has 0 saturated carbocycles. The van der Waals surface area contributed by atoms with E-state index in [9.17, 15) is 9.90 Å². The number of hydrogen-bond acceptors (Lipinski definition) is 4. The number of rotatable bonds is 7. The molecule has 1 amide bonds. The summed E-state index contributed by atoms with van der Waals surface area (Å²) < 4.78 is 0. The van der Waals surface area contributed by atoms with Crippen LogP contribution in [0.2, 0.25) is 0 Å². The monoisotopic (exact) mass is 317 g/mol. The van der Waals surface area contributed by atoms with Crippen molar-refractivity contribution in [3.05, 3.63) is 29.8 Å². The Morgan fingerprint density at radius 2 is 1.96 bits per heavy atom. The number of benzene rings is 1. The largest absolute Gasteiger partial charge is 0.391 e. The van der Waals surface area contributed by atoms with Crippen LogP contribution in [-0.2, 0) is 0 Å². The van der Waals surface area contributed by atoms with Crippen LogP contribution in [0.25, 0.3) is 0 Å². The number of hydrogen-bond donors (Lipinski definition) is 2. The molecule has 0 radical (unpaired) electrons. The maximum absolute atomic E-state index is 12.2. The lowest BCUT2D eigenvalue weighted by Crippen LogP contribution is -2.36. The van der Waals surface area contributed by atoms with Crippen LogP contribution < -0.4 is 10.3 Å². The summed E-state index contributed by atoms with van der Waals surface area (Å²) in [4.78, 5) is 12.2. The number of nitrogens with one attached hydrogen (secondary N) is 1. The predicted molar refractivity (Wildman–Crippen MR) is 93.9 cm³/mol. The molecule has 1 unspecified atom stereocenters. The van der Waals surface area contributed by atoms with Gasteiger partial charge in [0.25, 0.3) is 5.91 Å². The molecule has 1 heterocycles. The van der Waals surface area contributed by atoms with Gasteiger partial charge in [0, 0.05) is 30.8 Å². The number of hydrazone groups is 1. The van der Waals surface area contributed by atoms with Crippen LogP contribution in [0.4, 0.5) is 5.69 Å². The molecule has 1 aliphatic heterocycles. The first kappa shape index (κ1) is 17.5. The summed E-state index contributed by atoms with van der Waals surface area (Å²) in [6.07, 6.45) is 2.32. The number of nitrogens with zero attached hydrogens (tertiary/aromatic N) is 2. The van der Waals surface area contributed by atoms with Crippen molar-refractivity contribution in [2.45, 2.75) is 46.1 Å². The minimum Gasteiger partial charge on any atom is -0.391 e. The van der Waals surface area contributed by atoms with Crippen molar-refractivity contribution in [3.63, 3.8) is 0 Å². The third kappa shape index (κ3) is 4.55. The minimum absolute atomic E-state index is 0.150. The van der Waals surface area contributed by atoms with Gasteiger partial charge in [0.05, 0.1) is 11.8 Å². The van der Waals surface area contributed by atoms with Crippen LogP contribution in [0.15, 0.2) is 29.4 Å². The Bertz CT molecular complexity index is 550. The maximum atomic E-state index is 12.2. The Morgan fingerprint density at radius 3 is 2.48 bits per heavy atom. The van der Waals surface area contributed by atoms with E-state index in [1.807, 2.05) is 24.1 Å². The van der Waals surface area contributed by atoms with Gasteiger partial charge in [-0.15, -0.1) is 0 Å². The molecule has 1 aliphatic rings. The number of anilines is 1. The Kier molecular flexibility index (Phi) is 6.16. The summed E-state index contributed by atoms with van der Waals surface area (Å²) in [6, 6.07) is 7.43. The quantitative estimate of drug-likeness (QED) is 0.813. The van der Waals surface area contributed by atoms with Crippen LogP contribution in [-0.4, -0.2) is 35.9 Å². The van der Waals surface area contributed by atoms with Crippen LogP contribution >= 0.6 is 0 Å². The van der Waals surface area contributed by atoms with Crippen molar-refractivity contribution in [1.29, 1.82) is 0 Å². The lowest BCUT2D eigenvalue weighted by Gasteiger charge is -2.20. The van der Waals surface area contributed by atoms with Crippen molar-refractivity contribution in [2.75, 3.05) is 18.1 Å². The first-order valence-electron chi connectivity index (χ1n) is 8.43. The molecule has 1 atom stereocenters. The van der Waals surface area contributed by atoms with E-state index in [4.69, 9.17) is 0 Å². The molecule has 1 aromatic rings.